The number of rotatable bonds is 3. The Morgan fingerprint density at radius 3 is 2.63 bits per heavy atom. The summed E-state index contributed by atoms with van der Waals surface area (Å²) in [5.41, 5.74) is 0. The summed E-state index contributed by atoms with van der Waals surface area (Å²) in [6.07, 6.45) is 4.17. The van der Waals surface area contributed by atoms with Gasteiger partial charge in [0.1, 0.15) is 0 Å². The largest absolute Gasteiger partial charge is 0.481 e. The van der Waals surface area contributed by atoms with E-state index in [0.29, 0.717) is 17.5 Å². The predicted molar refractivity (Wildman–Crippen MR) is 71.9 cm³/mol. The summed E-state index contributed by atoms with van der Waals surface area (Å²) >= 11 is 3.13. The monoisotopic (exact) mass is 329 g/mol. The van der Waals surface area contributed by atoms with Crippen LogP contribution in [0.15, 0.2) is 21.2 Å². The van der Waals surface area contributed by atoms with Gasteiger partial charge in [-0.1, -0.05) is 19.3 Å². The highest BCUT2D eigenvalue weighted by Gasteiger charge is 2.31. The quantitative estimate of drug-likeness (QED) is 0.835. The molecule has 0 bridgehead atoms. The Morgan fingerprint density at radius 1 is 1.26 bits per heavy atom. The molecule has 1 heterocycles. The minimum atomic E-state index is -0.840. The zero-order valence-corrected chi connectivity index (χ0v) is 12.0. The highest BCUT2D eigenvalue weighted by atomic mass is 79.9. The first-order chi connectivity index (χ1) is 9.08. The Morgan fingerprint density at radius 2 is 2.00 bits per heavy atom. The van der Waals surface area contributed by atoms with Crippen molar-refractivity contribution in [2.75, 3.05) is 0 Å². The molecule has 6 heteroatoms. The van der Waals surface area contributed by atoms with Gasteiger partial charge in [0, 0.05) is 6.04 Å². The van der Waals surface area contributed by atoms with Crippen molar-refractivity contribution >= 4 is 27.8 Å². The molecule has 1 saturated carbocycles. The maximum Gasteiger partial charge on any atom is 0.308 e. The minimum absolute atomic E-state index is 0.195. The maximum absolute atomic E-state index is 12.0. The normalized spacial score (nSPS) is 23.6. The second kappa shape index (κ2) is 6.23. The van der Waals surface area contributed by atoms with Gasteiger partial charge in [-0.25, -0.2) is 0 Å². The molecule has 1 aliphatic carbocycles. The summed E-state index contributed by atoms with van der Waals surface area (Å²) in [6, 6.07) is 2.87. The number of carbonyl (C=O) groups is 2. The molecule has 19 heavy (non-hydrogen) atoms. The molecule has 5 nitrogen and oxygen atoms in total. The molecule has 104 valence electrons. The SMILES string of the molecule is O=C(NC1CCCCCC1C(=O)O)c1ccc(Br)o1. The van der Waals surface area contributed by atoms with Crippen LogP contribution < -0.4 is 5.32 Å². The standard InChI is InChI=1S/C13H16BrNO4/c14-11-7-6-10(19-11)12(16)15-9-5-3-1-2-4-8(9)13(17)18/h6-9H,1-5H2,(H,15,16)(H,17,18). The molecule has 1 amide bonds. The van der Waals surface area contributed by atoms with Gasteiger partial charge in [0.15, 0.2) is 10.4 Å². The van der Waals surface area contributed by atoms with Crippen molar-refractivity contribution in [3.63, 3.8) is 0 Å². The van der Waals surface area contributed by atoms with Gasteiger partial charge in [0.2, 0.25) is 0 Å². The molecule has 0 radical (unpaired) electrons. The van der Waals surface area contributed by atoms with Gasteiger partial charge < -0.3 is 14.8 Å². The number of hydrogen-bond donors (Lipinski definition) is 2. The van der Waals surface area contributed by atoms with Crippen molar-refractivity contribution in [1.29, 1.82) is 0 Å². The molecule has 1 aromatic rings. The fourth-order valence-electron chi connectivity index (χ4n) is 2.45. The molecule has 0 aromatic carbocycles. The van der Waals surface area contributed by atoms with E-state index in [0.717, 1.165) is 19.3 Å². The first-order valence-electron chi connectivity index (χ1n) is 6.37. The van der Waals surface area contributed by atoms with Crippen molar-refractivity contribution in [2.24, 2.45) is 5.92 Å². The van der Waals surface area contributed by atoms with E-state index in [1.165, 1.54) is 0 Å². The van der Waals surface area contributed by atoms with Crippen LogP contribution in [0, 0.1) is 5.92 Å². The summed E-state index contributed by atoms with van der Waals surface area (Å²) < 4.78 is 5.65. The number of halogens is 1. The molecule has 2 unspecified atom stereocenters. The van der Waals surface area contributed by atoms with Crippen molar-refractivity contribution in [2.45, 2.75) is 38.1 Å². The van der Waals surface area contributed by atoms with Crippen molar-refractivity contribution in [3.8, 4) is 0 Å². The zero-order valence-electron chi connectivity index (χ0n) is 10.4. The lowest BCUT2D eigenvalue weighted by molar-refractivity contribution is -0.142. The van der Waals surface area contributed by atoms with E-state index >= 15 is 0 Å². The third-order valence-corrected chi connectivity index (χ3v) is 3.87. The van der Waals surface area contributed by atoms with E-state index in [1.54, 1.807) is 12.1 Å². The summed E-state index contributed by atoms with van der Waals surface area (Å²) in [7, 11) is 0. The van der Waals surface area contributed by atoms with Crippen LogP contribution >= 0.6 is 15.9 Å². The predicted octanol–water partition coefficient (Wildman–Crippen LogP) is 2.81. The molecule has 2 rings (SSSR count). The Kier molecular flexibility index (Phi) is 4.63. The fourth-order valence-corrected chi connectivity index (χ4v) is 2.76. The van der Waals surface area contributed by atoms with Crippen LogP contribution in [0.25, 0.3) is 0 Å². The van der Waals surface area contributed by atoms with E-state index in [9.17, 15) is 14.7 Å². The number of furan rings is 1. The first kappa shape index (κ1) is 14.1. The third-order valence-electron chi connectivity index (χ3n) is 3.45. The minimum Gasteiger partial charge on any atom is -0.481 e. The topological polar surface area (TPSA) is 79.5 Å². The summed E-state index contributed by atoms with van der Waals surface area (Å²) in [5, 5.41) is 12.0. The molecule has 1 fully saturated rings. The summed E-state index contributed by atoms with van der Waals surface area (Å²) in [5.74, 6) is -1.51. The van der Waals surface area contributed by atoms with E-state index in [4.69, 9.17) is 4.42 Å². The highest BCUT2D eigenvalue weighted by molar-refractivity contribution is 9.10. The molecule has 0 spiro atoms. The van der Waals surface area contributed by atoms with Crippen molar-refractivity contribution in [3.05, 3.63) is 22.6 Å². The molecule has 2 atom stereocenters. The number of carboxylic acid groups (broad SMARTS) is 1. The highest BCUT2D eigenvalue weighted by Crippen LogP contribution is 2.24. The fraction of sp³-hybridized carbons (Fsp3) is 0.538. The van der Waals surface area contributed by atoms with Gasteiger partial charge >= 0.3 is 5.97 Å². The molecular weight excluding hydrogens is 314 g/mol. The average Bonchev–Trinajstić information content (AvgIpc) is 2.65. The molecule has 1 aromatic heterocycles. The number of amides is 1. The van der Waals surface area contributed by atoms with Crippen LogP contribution in [0.3, 0.4) is 0 Å². The van der Waals surface area contributed by atoms with Crippen LogP contribution in [-0.4, -0.2) is 23.0 Å². The lowest BCUT2D eigenvalue weighted by atomic mass is 9.95. The Balaban J connectivity index is 2.06. The second-order valence-corrected chi connectivity index (χ2v) is 5.55. The van der Waals surface area contributed by atoms with Gasteiger partial charge in [-0.3, -0.25) is 9.59 Å². The molecular formula is C13H16BrNO4. The van der Waals surface area contributed by atoms with Crippen molar-refractivity contribution < 1.29 is 19.1 Å². The van der Waals surface area contributed by atoms with Crippen LogP contribution in [0.2, 0.25) is 0 Å². The summed E-state index contributed by atoms with van der Waals surface area (Å²) in [4.78, 5) is 23.2. The Bertz CT molecular complexity index is 471. The molecule has 0 saturated heterocycles. The van der Waals surface area contributed by atoms with Crippen LogP contribution in [0.4, 0.5) is 0 Å². The van der Waals surface area contributed by atoms with Crippen LogP contribution in [-0.2, 0) is 4.79 Å². The molecule has 0 aliphatic heterocycles. The average molecular weight is 330 g/mol. The van der Waals surface area contributed by atoms with Gasteiger partial charge in [0.05, 0.1) is 5.92 Å². The Hall–Kier alpha value is -1.30. The number of aliphatic carboxylic acids is 1. The van der Waals surface area contributed by atoms with Crippen molar-refractivity contribution in [1.82, 2.24) is 5.32 Å². The third kappa shape index (κ3) is 3.59. The molecule has 1 aliphatic rings. The zero-order chi connectivity index (χ0) is 13.8. The Labute approximate surface area is 119 Å². The number of nitrogens with one attached hydrogen (secondary N) is 1. The lowest BCUT2D eigenvalue weighted by Gasteiger charge is -2.22. The first-order valence-corrected chi connectivity index (χ1v) is 7.16. The molecule has 2 N–H and O–H groups in total. The number of hydrogen-bond acceptors (Lipinski definition) is 3. The number of carbonyl (C=O) groups excluding carboxylic acids is 1. The summed E-state index contributed by atoms with van der Waals surface area (Å²) in [6.45, 7) is 0. The van der Waals surface area contributed by atoms with Gasteiger partial charge in [0.25, 0.3) is 5.91 Å². The van der Waals surface area contributed by atoms with E-state index < -0.39 is 11.9 Å². The number of carboxylic acids is 1. The van der Waals surface area contributed by atoms with E-state index in [1.807, 2.05) is 0 Å². The van der Waals surface area contributed by atoms with Gasteiger partial charge in [-0.2, -0.15) is 0 Å². The van der Waals surface area contributed by atoms with Crippen LogP contribution in [0.5, 0.6) is 0 Å². The van der Waals surface area contributed by atoms with Gasteiger partial charge in [-0.05, 0) is 40.9 Å². The van der Waals surface area contributed by atoms with E-state index in [-0.39, 0.29) is 17.7 Å². The maximum atomic E-state index is 12.0. The van der Waals surface area contributed by atoms with E-state index in [2.05, 4.69) is 21.2 Å². The smallest absolute Gasteiger partial charge is 0.308 e. The van der Waals surface area contributed by atoms with Crippen LogP contribution in [0.1, 0.15) is 42.7 Å². The van der Waals surface area contributed by atoms with Gasteiger partial charge in [-0.15, -0.1) is 0 Å². The lowest BCUT2D eigenvalue weighted by Crippen LogP contribution is -2.42. The second-order valence-electron chi connectivity index (χ2n) is 4.77.